The second kappa shape index (κ2) is 8.13. The molecule has 8 nitrogen and oxygen atoms in total. The van der Waals surface area contributed by atoms with Crippen molar-refractivity contribution in [1.82, 2.24) is 10.6 Å². The van der Waals surface area contributed by atoms with E-state index in [4.69, 9.17) is 4.74 Å². The van der Waals surface area contributed by atoms with Crippen LogP contribution in [-0.4, -0.2) is 30.0 Å². The molecule has 2 N–H and O–H groups in total. The average Bonchev–Trinajstić information content (AvgIpc) is 2.49. The van der Waals surface area contributed by atoms with E-state index in [0.29, 0.717) is 19.0 Å². The first-order chi connectivity index (χ1) is 11.1. The van der Waals surface area contributed by atoms with Crippen LogP contribution in [-0.2, 0) is 11.0 Å². The summed E-state index contributed by atoms with van der Waals surface area (Å²) >= 11 is 0. The zero-order valence-corrected chi connectivity index (χ0v) is 12.5. The molecule has 0 saturated carbocycles. The largest absolute Gasteiger partial charge is 0.483 e. The van der Waals surface area contributed by atoms with Gasteiger partial charge in [0.1, 0.15) is 11.3 Å². The van der Waals surface area contributed by atoms with Crippen LogP contribution in [0.1, 0.15) is 18.9 Å². The van der Waals surface area contributed by atoms with Gasteiger partial charge in [0.25, 0.3) is 11.6 Å². The molecule has 0 aliphatic heterocycles. The Bertz CT molecular complexity index is 634. The van der Waals surface area contributed by atoms with Crippen molar-refractivity contribution >= 4 is 17.6 Å². The van der Waals surface area contributed by atoms with Gasteiger partial charge in [-0.05, 0) is 12.5 Å². The van der Waals surface area contributed by atoms with E-state index >= 15 is 0 Å². The molecule has 0 aromatic heterocycles. The van der Waals surface area contributed by atoms with Crippen LogP contribution in [0.3, 0.4) is 0 Å². The van der Waals surface area contributed by atoms with Crippen LogP contribution >= 0.6 is 0 Å². The highest BCUT2D eigenvalue weighted by Crippen LogP contribution is 2.38. The molecule has 0 fully saturated rings. The number of amides is 3. The molecule has 132 valence electrons. The average molecular weight is 349 g/mol. The van der Waals surface area contributed by atoms with E-state index in [9.17, 15) is 32.9 Å². The molecule has 0 aliphatic rings. The lowest BCUT2D eigenvalue weighted by atomic mass is 10.1. The number of nitrogens with zero attached hydrogens (tertiary/aromatic N) is 1. The molecule has 0 unspecified atom stereocenters. The van der Waals surface area contributed by atoms with Crippen molar-refractivity contribution in [3.8, 4) is 5.75 Å². The third-order valence-corrected chi connectivity index (χ3v) is 2.63. The third kappa shape index (κ3) is 5.74. The molecule has 1 aromatic rings. The van der Waals surface area contributed by atoms with Gasteiger partial charge < -0.3 is 10.1 Å². The Morgan fingerprint density at radius 2 is 2.00 bits per heavy atom. The van der Waals surface area contributed by atoms with Crippen molar-refractivity contribution in [2.24, 2.45) is 0 Å². The van der Waals surface area contributed by atoms with Crippen molar-refractivity contribution in [3.63, 3.8) is 0 Å². The number of ether oxygens (including phenoxy) is 1. The summed E-state index contributed by atoms with van der Waals surface area (Å²) < 4.78 is 43.4. The van der Waals surface area contributed by atoms with Gasteiger partial charge in [-0.2, -0.15) is 13.2 Å². The number of nitro benzene ring substituents is 1. The van der Waals surface area contributed by atoms with Gasteiger partial charge in [-0.3, -0.25) is 20.2 Å². The standard InChI is InChI=1S/C13H14F3N3O5/c1-2-5-17-12(21)18-11(20)7-24-10-4-3-8(19(22)23)6-9(10)13(14,15)16/h3-4,6H,2,5,7H2,1H3,(H2,17,18,20,21). The highest BCUT2D eigenvalue weighted by Gasteiger charge is 2.36. The molecule has 0 saturated heterocycles. The summed E-state index contributed by atoms with van der Waals surface area (Å²) in [5.74, 6) is -1.72. The summed E-state index contributed by atoms with van der Waals surface area (Å²) in [5.41, 5.74) is -2.15. The van der Waals surface area contributed by atoms with E-state index in [1.807, 2.05) is 5.32 Å². The zero-order chi connectivity index (χ0) is 18.3. The highest BCUT2D eigenvalue weighted by molar-refractivity contribution is 5.94. The van der Waals surface area contributed by atoms with Crippen LogP contribution in [0.2, 0.25) is 0 Å². The van der Waals surface area contributed by atoms with Crippen molar-refractivity contribution < 1.29 is 32.4 Å². The summed E-state index contributed by atoms with van der Waals surface area (Å²) in [6.07, 6.45) is -4.27. The quantitative estimate of drug-likeness (QED) is 0.604. The number of rotatable bonds is 6. The number of carbonyl (C=O) groups excluding carboxylic acids is 2. The second-order valence-electron chi connectivity index (χ2n) is 4.53. The van der Waals surface area contributed by atoms with Gasteiger partial charge in [0.05, 0.1) is 4.92 Å². The summed E-state index contributed by atoms with van der Waals surface area (Å²) in [6, 6.07) is 1.06. The normalized spacial score (nSPS) is 10.8. The Kier molecular flexibility index (Phi) is 6.50. The van der Waals surface area contributed by atoms with Gasteiger partial charge in [0, 0.05) is 18.7 Å². The number of carbonyl (C=O) groups is 2. The minimum absolute atomic E-state index is 0.307. The predicted molar refractivity (Wildman–Crippen MR) is 75.4 cm³/mol. The topological polar surface area (TPSA) is 111 Å². The fraction of sp³-hybridized carbons (Fsp3) is 0.385. The monoisotopic (exact) mass is 349 g/mol. The van der Waals surface area contributed by atoms with E-state index in [1.165, 1.54) is 0 Å². The van der Waals surface area contributed by atoms with Gasteiger partial charge in [-0.25, -0.2) is 4.79 Å². The molecule has 11 heteroatoms. The van der Waals surface area contributed by atoms with Crippen LogP contribution in [0.15, 0.2) is 18.2 Å². The fourth-order valence-corrected chi connectivity index (χ4v) is 1.57. The number of halogens is 3. The molecule has 1 rings (SSSR count). The zero-order valence-electron chi connectivity index (χ0n) is 12.5. The lowest BCUT2D eigenvalue weighted by Crippen LogP contribution is -2.41. The Morgan fingerprint density at radius 3 is 2.54 bits per heavy atom. The second-order valence-corrected chi connectivity index (χ2v) is 4.53. The van der Waals surface area contributed by atoms with Crippen LogP contribution < -0.4 is 15.4 Å². The summed E-state index contributed by atoms with van der Waals surface area (Å²) in [4.78, 5) is 32.2. The van der Waals surface area contributed by atoms with Crippen molar-refractivity contribution in [1.29, 1.82) is 0 Å². The molecule has 0 atom stereocenters. The number of hydrogen-bond donors (Lipinski definition) is 2. The van der Waals surface area contributed by atoms with E-state index < -0.39 is 46.6 Å². The molecule has 0 spiro atoms. The van der Waals surface area contributed by atoms with Gasteiger partial charge >= 0.3 is 12.2 Å². The number of benzene rings is 1. The number of nitrogens with one attached hydrogen (secondary N) is 2. The van der Waals surface area contributed by atoms with Gasteiger partial charge in [0.2, 0.25) is 0 Å². The van der Waals surface area contributed by atoms with Crippen LogP contribution in [0.25, 0.3) is 0 Å². The number of imide groups is 1. The van der Waals surface area contributed by atoms with Crippen LogP contribution in [0.4, 0.5) is 23.7 Å². The Balaban J connectivity index is 2.79. The summed E-state index contributed by atoms with van der Waals surface area (Å²) in [7, 11) is 0. The molecule has 24 heavy (non-hydrogen) atoms. The maximum absolute atomic E-state index is 12.9. The van der Waals surface area contributed by atoms with Crippen LogP contribution in [0.5, 0.6) is 5.75 Å². The molecule has 3 amide bonds. The maximum atomic E-state index is 12.9. The number of non-ortho nitro benzene ring substituents is 1. The Labute approximate surface area is 134 Å². The minimum atomic E-state index is -4.91. The van der Waals surface area contributed by atoms with Gasteiger partial charge in [-0.1, -0.05) is 6.92 Å². The van der Waals surface area contributed by atoms with E-state index in [1.54, 1.807) is 6.92 Å². The molecular formula is C13H14F3N3O5. The minimum Gasteiger partial charge on any atom is -0.483 e. The number of nitro groups is 1. The molecule has 1 aromatic carbocycles. The molecule has 0 heterocycles. The lowest BCUT2D eigenvalue weighted by molar-refractivity contribution is -0.385. The molecule has 0 bridgehead atoms. The maximum Gasteiger partial charge on any atom is 0.420 e. The number of alkyl halides is 3. The summed E-state index contributed by atoms with van der Waals surface area (Å²) in [6.45, 7) is 1.25. The molecular weight excluding hydrogens is 335 g/mol. The van der Waals surface area contributed by atoms with E-state index in [-0.39, 0.29) is 0 Å². The lowest BCUT2D eigenvalue weighted by Gasteiger charge is -2.13. The van der Waals surface area contributed by atoms with Crippen molar-refractivity contribution in [3.05, 3.63) is 33.9 Å². The Morgan fingerprint density at radius 1 is 1.33 bits per heavy atom. The summed E-state index contributed by atoms with van der Waals surface area (Å²) in [5, 5.41) is 14.8. The number of urea groups is 1. The number of hydrogen-bond acceptors (Lipinski definition) is 5. The fourth-order valence-electron chi connectivity index (χ4n) is 1.57. The smallest absolute Gasteiger partial charge is 0.420 e. The first kappa shape index (κ1) is 19.2. The van der Waals surface area contributed by atoms with Gasteiger partial charge in [-0.15, -0.1) is 0 Å². The molecule has 0 radical (unpaired) electrons. The highest BCUT2D eigenvalue weighted by atomic mass is 19.4. The first-order valence-electron chi connectivity index (χ1n) is 6.71. The predicted octanol–water partition coefficient (Wildman–Crippen LogP) is 2.23. The van der Waals surface area contributed by atoms with Gasteiger partial charge in [0.15, 0.2) is 6.61 Å². The van der Waals surface area contributed by atoms with E-state index in [2.05, 4.69) is 5.32 Å². The Hall–Kier alpha value is -2.85. The first-order valence-corrected chi connectivity index (χ1v) is 6.71. The van der Waals surface area contributed by atoms with Crippen molar-refractivity contribution in [2.45, 2.75) is 19.5 Å². The SMILES string of the molecule is CCCNC(=O)NC(=O)COc1ccc([N+](=O)[O-])cc1C(F)(F)F. The van der Waals surface area contributed by atoms with Crippen molar-refractivity contribution in [2.75, 3.05) is 13.2 Å². The van der Waals surface area contributed by atoms with Crippen LogP contribution in [0, 0.1) is 10.1 Å². The third-order valence-electron chi connectivity index (χ3n) is 2.63. The molecule has 0 aliphatic carbocycles. The van der Waals surface area contributed by atoms with E-state index in [0.717, 1.165) is 12.1 Å².